The van der Waals surface area contributed by atoms with Gasteiger partial charge in [-0.25, -0.2) is 0 Å². The van der Waals surface area contributed by atoms with Gasteiger partial charge in [0, 0.05) is 57.1 Å². The molecule has 1 aliphatic heterocycles. The third-order valence-electron chi connectivity index (χ3n) is 4.91. The number of hydrogen-bond acceptors (Lipinski definition) is 4. The predicted octanol–water partition coefficient (Wildman–Crippen LogP) is 1.96. The van der Waals surface area contributed by atoms with Crippen molar-refractivity contribution in [1.82, 2.24) is 19.6 Å². The van der Waals surface area contributed by atoms with Gasteiger partial charge in [-0.1, -0.05) is 6.07 Å². The molecule has 2 heterocycles. The SMILES string of the molecule is COc1cc(C(=O)N2CCN(C(=O)CCCn3cccn3)CC2)ccc1C. The molecule has 0 bridgehead atoms. The highest BCUT2D eigenvalue weighted by atomic mass is 16.5. The van der Waals surface area contributed by atoms with Crippen LogP contribution < -0.4 is 4.74 Å². The second-order valence-corrected chi connectivity index (χ2v) is 6.73. The van der Waals surface area contributed by atoms with Crippen LogP contribution in [0.25, 0.3) is 0 Å². The molecular weight excluding hydrogens is 344 g/mol. The van der Waals surface area contributed by atoms with Gasteiger partial charge in [0.15, 0.2) is 0 Å². The first-order valence-corrected chi connectivity index (χ1v) is 9.27. The lowest BCUT2D eigenvalue weighted by molar-refractivity contribution is -0.132. The van der Waals surface area contributed by atoms with Crippen molar-refractivity contribution in [1.29, 1.82) is 0 Å². The number of ether oxygens (including phenoxy) is 1. The molecule has 7 heteroatoms. The molecule has 7 nitrogen and oxygen atoms in total. The highest BCUT2D eigenvalue weighted by Gasteiger charge is 2.25. The number of hydrogen-bond donors (Lipinski definition) is 0. The maximum absolute atomic E-state index is 12.7. The number of nitrogens with zero attached hydrogens (tertiary/aromatic N) is 4. The van der Waals surface area contributed by atoms with E-state index in [9.17, 15) is 9.59 Å². The van der Waals surface area contributed by atoms with Gasteiger partial charge in [0.25, 0.3) is 5.91 Å². The normalized spacial score (nSPS) is 14.3. The predicted molar refractivity (Wildman–Crippen MR) is 102 cm³/mol. The molecule has 0 N–H and O–H groups in total. The molecule has 1 aliphatic rings. The number of piperazine rings is 1. The smallest absolute Gasteiger partial charge is 0.254 e. The number of carbonyl (C=O) groups excluding carboxylic acids is 2. The van der Waals surface area contributed by atoms with Crippen molar-refractivity contribution in [3.05, 3.63) is 47.8 Å². The molecule has 144 valence electrons. The quantitative estimate of drug-likeness (QED) is 0.780. The van der Waals surface area contributed by atoms with E-state index in [1.165, 1.54) is 0 Å². The van der Waals surface area contributed by atoms with E-state index < -0.39 is 0 Å². The third kappa shape index (κ3) is 4.67. The molecule has 1 saturated heterocycles. The Labute approximate surface area is 159 Å². The Bertz CT molecular complexity index is 781. The van der Waals surface area contributed by atoms with Gasteiger partial charge in [-0.05, 0) is 37.1 Å². The summed E-state index contributed by atoms with van der Waals surface area (Å²) in [5.74, 6) is 0.845. The maximum atomic E-state index is 12.7. The molecule has 3 rings (SSSR count). The molecule has 27 heavy (non-hydrogen) atoms. The largest absolute Gasteiger partial charge is 0.496 e. The van der Waals surface area contributed by atoms with E-state index in [-0.39, 0.29) is 11.8 Å². The zero-order valence-electron chi connectivity index (χ0n) is 15.9. The maximum Gasteiger partial charge on any atom is 0.254 e. The van der Waals surface area contributed by atoms with Crippen LogP contribution in [0, 0.1) is 6.92 Å². The Hall–Kier alpha value is -2.83. The van der Waals surface area contributed by atoms with E-state index in [1.807, 2.05) is 40.9 Å². The van der Waals surface area contributed by atoms with Crippen LogP contribution >= 0.6 is 0 Å². The van der Waals surface area contributed by atoms with Crippen LogP contribution in [0.1, 0.15) is 28.8 Å². The first-order chi connectivity index (χ1) is 13.1. The fourth-order valence-electron chi connectivity index (χ4n) is 3.28. The number of benzene rings is 1. The monoisotopic (exact) mass is 370 g/mol. The fourth-order valence-corrected chi connectivity index (χ4v) is 3.28. The van der Waals surface area contributed by atoms with Gasteiger partial charge in [-0.2, -0.15) is 5.10 Å². The van der Waals surface area contributed by atoms with Crippen LogP contribution in [-0.4, -0.2) is 64.7 Å². The van der Waals surface area contributed by atoms with Gasteiger partial charge < -0.3 is 14.5 Å². The molecule has 0 spiro atoms. The van der Waals surface area contributed by atoms with E-state index in [0.29, 0.717) is 43.9 Å². The van der Waals surface area contributed by atoms with Crippen LogP contribution in [0.4, 0.5) is 0 Å². The lowest BCUT2D eigenvalue weighted by Gasteiger charge is -2.35. The second kappa shape index (κ2) is 8.70. The number of methoxy groups -OCH3 is 1. The van der Waals surface area contributed by atoms with Crippen molar-refractivity contribution in [2.45, 2.75) is 26.3 Å². The van der Waals surface area contributed by atoms with Gasteiger partial charge in [-0.15, -0.1) is 0 Å². The molecule has 1 aromatic carbocycles. The summed E-state index contributed by atoms with van der Waals surface area (Å²) in [6.07, 6.45) is 4.91. The summed E-state index contributed by atoms with van der Waals surface area (Å²) in [4.78, 5) is 28.7. The molecule has 0 radical (unpaired) electrons. The summed E-state index contributed by atoms with van der Waals surface area (Å²) in [5, 5.41) is 4.14. The Morgan fingerprint density at radius 3 is 2.56 bits per heavy atom. The molecular formula is C20H26N4O3. The van der Waals surface area contributed by atoms with Gasteiger partial charge in [0.05, 0.1) is 7.11 Å². The Morgan fingerprint density at radius 2 is 1.89 bits per heavy atom. The molecule has 0 aliphatic carbocycles. The highest BCUT2D eigenvalue weighted by Crippen LogP contribution is 2.20. The van der Waals surface area contributed by atoms with Gasteiger partial charge in [0.2, 0.25) is 5.91 Å². The summed E-state index contributed by atoms with van der Waals surface area (Å²) >= 11 is 0. The summed E-state index contributed by atoms with van der Waals surface area (Å²) in [7, 11) is 1.60. The molecule has 2 amide bonds. The van der Waals surface area contributed by atoms with E-state index in [4.69, 9.17) is 4.74 Å². The van der Waals surface area contributed by atoms with Crippen LogP contribution in [0.15, 0.2) is 36.7 Å². The summed E-state index contributed by atoms with van der Waals surface area (Å²) in [6, 6.07) is 7.38. The number of aryl methyl sites for hydroxylation is 2. The Morgan fingerprint density at radius 1 is 1.15 bits per heavy atom. The van der Waals surface area contributed by atoms with Gasteiger partial charge in [-0.3, -0.25) is 14.3 Å². The lowest BCUT2D eigenvalue weighted by Crippen LogP contribution is -2.50. The third-order valence-corrected chi connectivity index (χ3v) is 4.91. The molecule has 1 fully saturated rings. The average Bonchev–Trinajstić information content (AvgIpc) is 3.21. The topological polar surface area (TPSA) is 67.7 Å². The van der Waals surface area contributed by atoms with Crippen LogP contribution in [0.5, 0.6) is 5.75 Å². The van der Waals surface area contributed by atoms with Gasteiger partial charge in [0.1, 0.15) is 5.75 Å². The minimum Gasteiger partial charge on any atom is -0.496 e. The van der Waals surface area contributed by atoms with Crippen molar-refractivity contribution in [3.8, 4) is 5.75 Å². The fraction of sp³-hybridized carbons (Fsp3) is 0.450. The first kappa shape index (κ1) is 18.9. The lowest BCUT2D eigenvalue weighted by atomic mass is 10.1. The molecule has 2 aromatic rings. The Balaban J connectivity index is 1.47. The second-order valence-electron chi connectivity index (χ2n) is 6.73. The summed E-state index contributed by atoms with van der Waals surface area (Å²) in [6.45, 7) is 4.96. The van der Waals surface area contributed by atoms with E-state index in [2.05, 4.69) is 5.10 Å². The van der Waals surface area contributed by atoms with Crippen molar-refractivity contribution in [2.75, 3.05) is 33.3 Å². The first-order valence-electron chi connectivity index (χ1n) is 9.27. The van der Waals surface area contributed by atoms with Crippen LogP contribution in [0.2, 0.25) is 0 Å². The molecule has 0 saturated carbocycles. The van der Waals surface area contributed by atoms with E-state index in [0.717, 1.165) is 18.5 Å². The summed E-state index contributed by atoms with van der Waals surface area (Å²) < 4.78 is 7.14. The van der Waals surface area contributed by atoms with Gasteiger partial charge >= 0.3 is 0 Å². The minimum absolute atomic E-state index is 0.0147. The van der Waals surface area contributed by atoms with Crippen molar-refractivity contribution < 1.29 is 14.3 Å². The average molecular weight is 370 g/mol. The number of aromatic nitrogens is 2. The van der Waals surface area contributed by atoms with Crippen LogP contribution in [-0.2, 0) is 11.3 Å². The van der Waals surface area contributed by atoms with E-state index >= 15 is 0 Å². The summed E-state index contributed by atoms with van der Waals surface area (Å²) in [5.41, 5.74) is 1.62. The number of amides is 2. The Kier molecular flexibility index (Phi) is 6.11. The van der Waals surface area contributed by atoms with Crippen molar-refractivity contribution in [3.63, 3.8) is 0 Å². The number of rotatable bonds is 6. The van der Waals surface area contributed by atoms with E-state index in [1.54, 1.807) is 24.3 Å². The molecule has 0 atom stereocenters. The minimum atomic E-state index is -0.0147. The standard InChI is InChI=1S/C20H26N4O3/c1-16-6-7-17(15-18(16)27-2)20(26)23-13-11-22(12-14-23)19(25)5-3-9-24-10-4-8-21-24/h4,6-8,10,15H,3,5,9,11-14H2,1-2H3. The zero-order chi connectivity index (χ0) is 19.2. The zero-order valence-corrected chi connectivity index (χ0v) is 15.9. The highest BCUT2D eigenvalue weighted by molar-refractivity contribution is 5.95. The molecule has 0 unspecified atom stereocenters. The molecule has 1 aromatic heterocycles. The number of carbonyl (C=O) groups is 2. The van der Waals surface area contributed by atoms with Crippen LogP contribution in [0.3, 0.4) is 0 Å². The van der Waals surface area contributed by atoms with Crippen molar-refractivity contribution >= 4 is 11.8 Å². The van der Waals surface area contributed by atoms with Crippen molar-refractivity contribution in [2.24, 2.45) is 0 Å².